The summed E-state index contributed by atoms with van der Waals surface area (Å²) in [4.78, 5) is 16.9. The Hall–Kier alpha value is -2.41. The molecule has 1 aromatic heterocycles. The van der Waals surface area contributed by atoms with Crippen LogP contribution in [-0.2, 0) is 4.74 Å². The number of hydrogen-bond acceptors (Lipinski definition) is 4. The Morgan fingerprint density at radius 3 is 2.70 bits per heavy atom. The number of methoxy groups -OCH3 is 1. The van der Waals surface area contributed by atoms with Gasteiger partial charge in [0, 0.05) is 29.3 Å². The molecule has 27 heavy (non-hydrogen) atoms. The summed E-state index contributed by atoms with van der Waals surface area (Å²) in [5.41, 5.74) is 2.42. The highest BCUT2D eigenvalue weighted by molar-refractivity contribution is 6.31. The van der Waals surface area contributed by atoms with Crippen molar-refractivity contribution < 1.29 is 9.53 Å². The van der Waals surface area contributed by atoms with Gasteiger partial charge < -0.3 is 10.1 Å². The molecule has 3 aromatic rings. The summed E-state index contributed by atoms with van der Waals surface area (Å²) in [6, 6.07) is 12.7. The largest absolute Gasteiger partial charge is 0.383 e. The molecular formula is C19H18Cl2N4O2. The van der Waals surface area contributed by atoms with E-state index in [-0.39, 0.29) is 11.7 Å². The Labute approximate surface area is 167 Å². The van der Waals surface area contributed by atoms with E-state index in [1.807, 2.05) is 25.1 Å². The molecule has 1 N–H and O–H groups in total. The molecule has 140 valence electrons. The number of benzene rings is 2. The third-order valence-electron chi connectivity index (χ3n) is 3.88. The molecule has 0 aliphatic rings. The van der Waals surface area contributed by atoms with Crippen molar-refractivity contribution in [3.63, 3.8) is 0 Å². The number of ether oxygens (including phenoxy) is 1. The predicted octanol–water partition coefficient (Wildman–Crippen LogP) is 3.93. The minimum Gasteiger partial charge on any atom is -0.383 e. The number of carbonyl (C=O) groups excluding carboxylic acids is 1. The van der Waals surface area contributed by atoms with Crippen LogP contribution in [0.1, 0.15) is 16.2 Å². The highest BCUT2D eigenvalue weighted by Crippen LogP contribution is 2.27. The van der Waals surface area contributed by atoms with E-state index in [4.69, 9.17) is 27.9 Å². The van der Waals surface area contributed by atoms with Crippen molar-refractivity contribution in [2.75, 3.05) is 20.3 Å². The van der Waals surface area contributed by atoms with Crippen molar-refractivity contribution in [2.24, 2.45) is 0 Å². The number of nitrogens with zero attached hydrogens (tertiary/aromatic N) is 3. The van der Waals surface area contributed by atoms with Crippen LogP contribution in [0.2, 0.25) is 10.0 Å². The van der Waals surface area contributed by atoms with Crippen LogP contribution >= 0.6 is 23.2 Å². The Bertz CT molecular complexity index is 972. The zero-order valence-corrected chi connectivity index (χ0v) is 16.4. The lowest BCUT2D eigenvalue weighted by atomic mass is 10.2. The van der Waals surface area contributed by atoms with Gasteiger partial charge in [0.15, 0.2) is 5.82 Å². The zero-order chi connectivity index (χ0) is 19.4. The van der Waals surface area contributed by atoms with Crippen LogP contribution in [0, 0.1) is 6.92 Å². The average molecular weight is 405 g/mol. The first kappa shape index (κ1) is 19.4. The number of carbonyl (C=O) groups is 1. The molecule has 2 aromatic carbocycles. The molecule has 0 saturated heterocycles. The van der Waals surface area contributed by atoms with E-state index in [9.17, 15) is 4.79 Å². The van der Waals surface area contributed by atoms with Crippen LogP contribution < -0.4 is 5.32 Å². The fourth-order valence-corrected chi connectivity index (χ4v) is 2.90. The number of aryl methyl sites for hydroxylation is 1. The third-order valence-corrected chi connectivity index (χ3v) is 4.35. The lowest BCUT2D eigenvalue weighted by Crippen LogP contribution is -2.28. The molecular weight excluding hydrogens is 387 g/mol. The summed E-state index contributed by atoms with van der Waals surface area (Å²) in [7, 11) is 1.57. The summed E-state index contributed by atoms with van der Waals surface area (Å²) in [6.07, 6.45) is 0. The van der Waals surface area contributed by atoms with Crippen LogP contribution in [0.15, 0.2) is 42.5 Å². The van der Waals surface area contributed by atoms with Crippen LogP contribution in [-0.4, -0.2) is 40.9 Å². The zero-order valence-electron chi connectivity index (χ0n) is 14.9. The van der Waals surface area contributed by atoms with Gasteiger partial charge in [-0.1, -0.05) is 41.4 Å². The van der Waals surface area contributed by atoms with Gasteiger partial charge in [-0.15, -0.1) is 5.10 Å². The van der Waals surface area contributed by atoms with E-state index >= 15 is 0 Å². The van der Waals surface area contributed by atoms with Crippen molar-refractivity contribution in [2.45, 2.75) is 6.92 Å². The van der Waals surface area contributed by atoms with Gasteiger partial charge in [-0.2, -0.15) is 0 Å². The maximum absolute atomic E-state index is 12.4. The van der Waals surface area contributed by atoms with Gasteiger partial charge in [0.2, 0.25) is 5.82 Å². The topological polar surface area (TPSA) is 69.0 Å². The molecule has 0 atom stereocenters. The fourth-order valence-electron chi connectivity index (χ4n) is 2.55. The number of hydrogen-bond donors (Lipinski definition) is 1. The lowest BCUT2D eigenvalue weighted by molar-refractivity contribution is 0.0927. The molecule has 0 unspecified atom stereocenters. The number of rotatable bonds is 6. The monoisotopic (exact) mass is 404 g/mol. The first-order chi connectivity index (χ1) is 13.0. The Balaban J connectivity index is 2.10. The number of nitrogens with one attached hydrogen (secondary N) is 1. The summed E-state index contributed by atoms with van der Waals surface area (Å²) in [6.45, 7) is 2.71. The highest BCUT2D eigenvalue weighted by atomic mass is 35.5. The molecule has 0 fully saturated rings. The van der Waals surface area contributed by atoms with E-state index < -0.39 is 0 Å². The number of aromatic nitrogens is 3. The fraction of sp³-hybridized carbons (Fsp3) is 0.211. The lowest BCUT2D eigenvalue weighted by Gasteiger charge is -2.09. The van der Waals surface area contributed by atoms with E-state index in [2.05, 4.69) is 15.4 Å². The van der Waals surface area contributed by atoms with Crippen LogP contribution in [0.4, 0.5) is 0 Å². The quantitative estimate of drug-likeness (QED) is 0.631. The molecule has 0 aliphatic carbocycles. The van der Waals surface area contributed by atoms with Crippen LogP contribution in [0.3, 0.4) is 0 Å². The smallest absolute Gasteiger partial charge is 0.291 e. The van der Waals surface area contributed by atoms with Crippen molar-refractivity contribution in [1.82, 2.24) is 20.1 Å². The first-order valence-corrected chi connectivity index (χ1v) is 9.02. The maximum Gasteiger partial charge on any atom is 0.291 e. The van der Waals surface area contributed by atoms with E-state index in [0.29, 0.717) is 29.0 Å². The van der Waals surface area contributed by atoms with E-state index in [1.54, 1.807) is 36.1 Å². The van der Waals surface area contributed by atoms with Crippen molar-refractivity contribution in [3.05, 3.63) is 63.9 Å². The molecule has 0 spiro atoms. The van der Waals surface area contributed by atoms with Crippen LogP contribution in [0.25, 0.3) is 17.1 Å². The molecule has 8 heteroatoms. The molecule has 1 heterocycles. The van der Waals surface area contributed by atoms with Crippen LogP contribution in [0.5, 0.6) is 0 Å². The predicted molar refractivity (Wildman–Crippen MR) is 106 cm³/mol. The summed E-state index contributed by atoms with van der Waals surface area (Å²) < 4.78 is 6.56. The van der Waals surface area contributed by atoms with Gasteiger partial charge in [0.05, 0.1) is 12.3 Å². The highest BCUT2D eigenvalue weighted by Gasteiger charge is 2.20. The normalized spacial score (nSPS) is 10.8. The average Bonchev–Trinajstić information content (AvgIpc) is 3.09. The SMILES string of the molecule is COCCNC(=O)c1nc(-c2cccc(Cl)c2)n(-c2cc(Cl)ccc2C)n1. The van der Waals surface area contributed by atoms with Crippen molar-refractivity contribution in [3.8, 4) is 17.1 Å². The molecule has 0 radical (unpaired) electrons. The van der Waals surface area contributed by atoms with Gasteiger partial charge >= 0.3 is 0 Å². The minimum atomic E-state index is -0.381. The first-order valence-electron chi connectivity index (χ1n) is 8.26. The second kappa shape index (κ2) is 8.52. The van der Waals surface area contributed by atoms with E-state index in [1.165, 1.54) is 0 Å². The second-order valence-corrected chi connectivity index (χ2v) is 6.73. The van der Waals surface area contributed by atoms with Gasteiger partial charge in [-0.3, -0.25) is 4.79 Å². The summed E-state index contributed by atoms with van der Waals surface area (Å²) in [5, 5.41) is 8.27. The van der Waals surface area contributed by atoms with Gasteiger partial charge in [-0.25, -0.2) is 9.67 Å². The maximum atomic E-state index is 12.4. The Kier molecular flexibility index (Phi) is 6.11. The molecule has 0 saturated carbocycles. The van der Waals surface area contributed by atoms with E-state index in [0.717, 1.165) is 16.8 Å². The molecule has 0 aliphatic heterocycles. The standard InChI is InChI=1S/C19H18Cl2N4O2/c1-12-6-7-15(21)11-16(12)25-18(13-4-3-5-14(20)10-13)23-17(24-25)19(26)22-8-9-27-2/h3-7,10-11H,8-9H2,1-2H3,(H,22,26). The minimum absolute atomic E-state index is 0.0560. The molecule has 3 rings (SSSR count). The molecule has 1 amide bonds. The Morgan fingerprint density at radius 1 is 1.19 bits per heavy atom. The molecule has 0 bridgehead atoms. The third kappa shape index (κ3) is 4.47. The van der Waals surface area contributed by atoms with Gasteiger partial charge in [0.1, 0.15) is 0 Å². The number of halogens is 2. The molecule has 6 nitrogen and oxygen atoms in total. The second-order valence-electron chi connectivity index (χ2n) is 5.86. The summed E-state index contributed by atoms with van der Waals surface area (Å²) >= 11 is 12.3. The van der Waals surface area contributed by atoms with Gasteiger partial charge in [-0.05, 0) is 36.8 Å². The summed E-state index contributed by atoms with van der Waals surface area (Å²) in [5.74, 6) is 0.175. The van der Waals surface area contributed by atoms with Crippen molar-refractivity contribution >= 4 is 29.1 Å². The Morgan fingerprint density at radius 2 is 1.96 bits per heavy atom. The number of amides is 1. The van der Waals surface area contributed by atoms with Crippen molar-refractivity contribution in [1.29, 1.82) is 0 Å². The van der Waals surface area contributed by atoms with Gasteiger partial charge in [0.25, 0.3) is 5.91 Å².